The molecule has 0 aliphatic carbocycles. The summed E-state index contributed by atoms with van der Waals surface area (Å²) >= 11 is 1.67. The summed E-state index contributed by atoms with van der Waals surface area (Å²) in [4.78, 5) is 17.3. The number of amides is 1. The minimum absolute atomic E-state index is 0.0382. The summed E-state index contributed by atoms with van der Waals surface area (Å²) in [7, 11) is 1.65. The lowest BCUT2D eigenvalue weighted by Gasteiger charge is -2.24. The van der Waals surface area contributed by atoms with Gasteiger partial charge in [0.15, 0.2) is 0 Å². The Morgan fingerprint density at radius 1 is 1.38 bits per heavy atom. The van der Waals surface area contributed by atoms with Crippen LogP contribution in [-0.2, 0) is 24.3 Å². The first-order chi connectivity index (χ1) is 12.8. The Morgan fingerprint density at radius 2 is 2.27 bits per heavy atom. The molecule has 5 nitrogen and oxygen atoms in total. The standard InChI is InChI=1S/C20H21N3O2S/c1-25-18-5-3-2-4-14(18)10-22-20(24)15-6-7-19-21-11-17(23(19)12-15)16-8-9-26-13-16/h2-5,8-9,11,13,15H,6-7,10,12H2,1H3,(H,22,24). The molecule has 134 valence electrons. The minimum Gasteiger partial charge on any atom is -0.496 e. The van der Waals surface area contributed by atoms with Crippen LogP contribution in [0.4, 0.5) is 0 Å². The van der Waals surface area contributed by atoms with E-state index in [-0.39, 0.29) is 11.8 Å². The van der Waals surface area contributed by atoms with Crippen LogP contribution in [0.3, 0.4) is 0 Å². The van der Waals surface area contributed by atoms with Crippen LogP contribution in [0.15, 0.2) is 47.3 Å². The fourth-order valence-electron chi connectivity index (χ4n) is 3.46. The second kappa shape index (κ2) is 7.33. The van der Waals surface area contributed by atoms with E-state index in [0.29, 0.717) is 13.1 Å². The molecule has 6 heteroatoms. The van der Waals surface area contributed by atoms with Gasteiger partial charge in [-0.25, -0.2) is 4.98 Å². The maximum absolute atomic E-state index is 12.7. The number of nitrogens with one attached hydrogen (secondary N) is 1. The molecule has 0 saturated carbocycles. The Morgan fingerprint density at radius 3 is 3.08 bits per heavy atom. The van der Waals surface area contributed by atoms with Gasteiger partial charge >= 0.3 is 0 Å². The van der Waals surface area contributed by atoms with Gasteiger partial charge in [0.2, 0.25) is 5.91 Å². The molecule has 1 aliphatic rings. The van der Waals surface area contributed by atoms with Crippen LogP contribution in [0.2, 0.25) is 0 Å². The normalized spacial score (nSPS) is 16.1. The molecular formula is C20H21N3O2S. The van der Waals surface area contributed by atoms with Crippen LogP contribution in [-0.4, -0.2) is 22.6 Å². The van der Waals surface area contributed by atoms with E-state index >= 15 is 0 Å². The van der Waals surface area contributed by atoms with Crippen LogP contribution in [0.5, 0.6) is 5.75 Å². The third-order valence-corrected chi connectivity index (χ3v) is 5.57. The van der Waals surface area contributed by atoms with Crippen molar-refractivity contribution in [1.82, 2.24) is 14.9 Å². The number of ether oxygens (including phenoxy) is 1. The van der Waals surface area contributed by atoms with E-state index in [4.69, 9.17) is 4.74 Å². The predicted molar refractivity (Wildman–Crippen MR) is 102 cm³/mol. The molecule has 4 rings (SSSR count). The SMILES string of the molecule is COc1ccccc1CNC(=O)C1CCc2ncc(-c3ccsc3)n2C1. The number of methoxy groups -OCH3 is 1. The van der Waals surface area contributed by atoms with Gasteiger partial charge in [-0.15, -0.1) is 0 Å². The molecule has 1 atom stereocenters. The van der Waals surface area contributed by atoms with Crippen molar-refractivity contribution in [1.29, 1.82) is 0 Å². The van der Waals surface area contributed by atoms with Gasteiger partial charge in [-0.2, -0.15) is 11.3 Å². The number of thiophene rings is 1. The van der Waals surface area contributed by atoms with E-state index in [1.807, 2.05) is 30.5 Å². The molecule has 3 heterocycles. The molecule has 0 bridgehead atoms. The number of carbonyl (C=O) groups excluding carboxylic acids is 1. The van der Waals surface area contributed by atoms with Crippen molar-refractivity contribution >= 4 is 17.2 Å². The fraction of sp³-hybridized carbons (Fsp3) is 0.300. The highest BCUT2D eigenvalue weighted by Crippen LogP contribution is 2.29. The number of hydrogen-bond acceptors (Lipinski definition) is 4. The first-order valence-corrected chi connectivity index (χ1v) is 9.67. The number of aromatic nitrogens is 2. The molecule has 1 N–H and O–H groups in total. The average Bonchev–Trinajstić information content (AvgIpc) is 3.35. The fourth-order valence-corrected chi connectivity index (χ4v) is 4.11. The quantitative estimate of drug-likeness (QED) is 0.751. The number of nitrogens with zero attached hydrogens (tertiary/aromatic N) is 2. The Labute approximate surface area is 156 Å². The third kappa shape index (κ3) is 3.24. The molecule has 1 amide bonds. The van der Waals surface area contributed by atoms with Gasteiger partial charge in [0.1, 0.15) is 11.6 Å². The first-order valence-electron chi connectivity index (χ1n) is 8.73. The number of aryl methyl sites for hydroxylation is 1. The number of carbonyl (C=O) groups is 1. The summed E-state index contributed by atoms with van der Waals surface area (Å²) in [5.41, 5.74) is 3.26. The molecule has 1 unspecified atom stereocenters. The molecule has 0 fully saturated rings. The van der Waals surface area contributed by atoms with Gasteiger partial charge in [0.05, 0.1) is 24.9 Å². The number of imidazole rings is 1. The highest BCUT2D eigenvalue weighted by molar-refractivity contribution is 7.08. The first kappa shape index (κ1) is 16.8. The van der Waals surface area contributed by atoms with E-state index in [9.17, 15) is 4.79 Å². The lowest BCUT2D eigenvalue weighted by Crippen LogP contribution is -2.36. The van der Waals surface area contributed by atoms with Gasteiger partial charge in [0.25, 0.3) is 0 Å². The molecule has 3 aromatic rings. The maximum Gasteiger partial charge on any atom is 0.225 e. The predicted octanol–water partition coefficient (Wildman–Crippen LogP) is 3.50. The Kier molecular flexibility index (Phi) is 4.75. The Bertz CT molecular complexity index is 902. The number of rotatable bonds is 5. The second-order valence-corrected chi connectivity index (χ2v) is 7.23. The summed E-state index contributed by atoms with van der Waals surface area (Å²) in [5, 5.41) is 7.26. The van der Waals surface area contributed by atoms with Crippen molar-refractivity contribution in [2.24, 2.45) is 5.92 Å². The van der Waals surface area contributed by atoms with Gasteiger partial charge in [0, 0.05) is 36.0 Å². The molecule has 1 aliphatic heterocycles. The molecule has 26 heavy (non-hydrogen) atoms. The van der Waals surface area contributed by atoms with Crippen LogP contribution >= 0.6 is 11.3 Å². The lowest BCUT2D eigenvalue weighted by molar-refractivity contribution is -0.126. The average molecular weight is 367 g/mol. The summed E-state index contributed by atoms with van der Waals surface area (Å²) in [5.74, 6) is 1.92. The summed E-state index contributed by atoms with van der Waals surface area (Å²) in [6.45, 7) is 1.16. The van der Waals surface area contributed by atoms with E-state index in [1.54, 1.807) is 18.4 Å². The van der Waals surface area contributed by atoms with Crippen LogP contribution in [0, 0.1) is 5.92 Å². The third-order valence-electron chi connectivity index (χ3n) is 4.89. The van der Waals surface area contributed by atoms with E-state index in [1.165, 1.54) is 5.56 Å². The summed E-state index contributed by atoms with van der Waals surface area (Å²) in [6, 6.07) is 9.86. The highest BCUT2D eigenvalue weighted by atomic mass is 32.1. The zero-order valence-electron chi connectivity index (χ0n) is 14.6. The van der Waals surface area contributed by atoms with Crippen molar-refractivity contribution in [3.05, 3.63) is 58.7 Å². The zero-order valence-corrected chi connectivity index (χ0v) is 15.5. The van der Waals surface area contributed by atoms with Crippen molar-refractivity contribution in [2.45, 2.75) is 25.9 Å². The maximum atomic E-state index is 12.7. The molecule has 2 aromatic heterocycles. The summed E-state index contributed by atoms with van der Waals surface area (Å²) < 4.78 is 7.55. The minimum atomic E-state index is -0.0382. The topological polar surface area (TPSA) is 56.1 Å². The molecule has 0 spiro atoms. The highest BCUT2D eigenvalue weighted by Gasteiger charge is 2.27. The largest absolute Gasteiger partial charge is 0.496 e. The van der Waals surface area contributed by atoms with Crippen molar-refractivity contribution in [2.75, 3.05) is 7.11 Å². The molecular weight excluding hydrogens is 346 g/mol. The van der Waals surface area contributed by atoms with Crippen LogP contribution in [0.25, 0.3) is 11.3 Å². The van der Waals surface area contributed by atoms with Crippen molar-refractivity contribution in [3.63, 3.8) is 0 Å². The van der Waals surface area contributed by atoms with E-state index in [0.717, 1.165) is 35.7 Å². The monoisotopic (exact) mass is 367 g/mol. The smallest absolute Gasteiger partial charge is 0.225 e. The number of para-hydroxylation sites is 1. The lowest BCUT2D eigenvalue weighted by atomic mass is 9.98. The van der Waals surface area contributed by atoms with Crippen LogP contribution < -0.4 is 10.1 Å². The van der Waals surface area contributed by atoms with Gasteiger partial charge in [-0.05, 0) is 23.9 Å². The Hall–Kier alpha value is -2.60. The number of hydrogen-bond donors (Lipinski definition) is 1. The number of fused-ring (bicyclic) bond motifs is 1. The van der Waals surface area contributed by atoms with Crippen LogP contribution in [0.1, 0.15) is 17.8 Å². The molecule has 0 radical (unpaired) electrons. The second-order valence-electron chi connectivity index (χ2n) is 6.45. The summed E-state index contributed by atoms with van der Waals surface area (Å²) in [6.07, 6.45) is 3.58. The molecule has 1 aromatic carbocycles. The number of benzene rings is 1. The van der Waals surface area contributed by atoms with Gasteiger partial charge in [-0.3, -0.25) is 4.79 Å². The van der Waals surface area contributed by atoms with Crippen molar-refractivity contribution in [3.8, 4) is 17.0 Å². The Balaban J connectivity index is 1.45. The zero-order chi connectivity index (χ0) is 17.9. The van der Waals surface area contributed by atoms with Gasteiger partial charge in [-0.1, -0.05) is 18.2 Å². The molecule has 0 saturated heterocycles. The van der Waals surface area contributed by atoms with Crippen molar-refractivity contribution < 1.29 is 9.53 Å². The van der Waals surface area contributed by atoms with E-state index < -0.39 is 0 Å². The van der Waals surface area contributed by atoms with E-state index in [2.05, 4.69) is 31.7 Å². The van der Waals surface area contributed by atoms with Gasteiger partial charge < -0.3 is 14.6 Å².